The van der Waals surface area contributed by atoms with Gasteiger partial charge in [-0.15, -0.1) is 0 Å². The van der Waals surface area contributed by atoms with E-state index in [1.54, 1.807) is 12.3 Å². The lowest BCUT2D eigenvalue weighted by Crippen LogP contribution is -2.22. The summed E-state index contributed by atoms with van der Waals surface area (Å²) in [6.45, 7) is 6.67. The van der Waals surface area contributed by atoms with Crippen LogP contribution in [0.25, 0.3) is 11.1 Å². The van der Waals surface area contributed by atoms with Crippen LogP contribution in [0, 0.1) is 12.7 Å². The molecule has 1 N–H and O–H groups in total. The highest BCUT2D eigenvalue weighted by Gasteiger charge is 2.07. The van der Waals surface area contributed by atoms with Gasteiger partial charge < -0.3 is 5.32 Å². The van der Waals surface area contributed by atoms with Crippen LogP contribution in [0.1, 0.15) is 25.0 Å². The van der Waals surface area contributed by atoms with Crippen molar-refractivity contribution in [3.8, 4) is 11.1 Å². The second-order valence-electron chi connectivity index (χ2n) is 5.03. The molecule has 1 heterocycles. The van der Waals surface area contributed by atoms with Crippen LogP contribution in [0.4, 0.5) is 4.39 Å². The molecule has 2 aromatic rings. The summed E-state index contributed by atoms with van der Waals surface area (Å²) in [5.41, 5.74) is 3.89. The molecular formula is C16H19FN2. The average Bonchev–Trinajstić information content (AvgIpc) is 2.38. The van der Waals surface area contributed by atoms with E-state index in [1.165, 1.54) is 6.07 Å². The lowest BCUT2D eigenvalue weighted by molar-refractivity contribution is 0.553. The molecule has 0 saturated heterocycles. The summed E-state index contributed by atoms with van der Waals surface area (Å²) in [4.78, 5) is 4.14. The molecule has 0 bridgehead atoms. The predicted molar refractivity (Wildman–Crippen MR) is 76.3 cm³/mol. The third-order valence-corrected chi connectivity index (χ3v) is 3.10. The summed E-state index contributed by atoms with van der Waals surface area (Å²) in [5, 5.41) is 3.24. The molecule has 0 amide bonds. The number of pyridine rings is 1. The van der Waals surface area contributed by atoms with Crippen LogP contribution in [0.5, 0.6) is 0 Å². The Hall–Kier alpha value is -1.74. The van der Waals surface area contributed by atoms with Crippen molar-refractivity contribution in [2.75, 3.05) is 0 Å². The van der Waals surface area contributed by atoms with Gasteiger partial charge in [-0.3, -0.25) is 4.98 Å². The van der Waals surface area contributed by atoms with E-state index in [4.69, 9.17) is 0 Å². The number of aromatic nitrogens is 1. The van der Waals surface area contributed by atoms with Crippen molar-refractivity contribution >= 4 is 0 Å². The first-order valence-corrected chi connectivity index (χ1v) is 6.50. The maximum atomic E-state index is 13.8. The molecule has 19 heavy (non-hydrogen) atoms. The van der Waals surface area contributed by atoms with Crippen molar-refractivity contribution in [2.24, 2.45) is 0 Å². The summed E-state index contributed by atoms with van der Waals surface area (Å²) < 4.78 is 13.8. The largest absolute Gasteiger partial charge is 0.310 e. The van der Waals surface area contributed by atoms with Crippen LogP contribution in [0.15, 0.2) is 36.7 Å². The number of nitrogens with one attached hydrogen (secondary N) is 1. The van der Waals surface area contributed by atoms with Gasteiger partial charge in [0.25, 0.3) is 0 Å². The standard InChI is InChI=1S/C16H19FN2/c1-11(2)19-9-14-8-13(4-5-16(14)17)15-10-18-7-6-12(15)3/h4-8,10-11,19H,9H2,1-3H3. The Morgan fingerprint density at radius 1 is 1.26 bits per heavy atom. The van der Waals surface area contributed by atoms with Gasteiger partial charge in [-0.2, -0.15) is 0 Å². The van der Waals surface area contributed by atoms with E-state index < -0.39 is 0 Å². The van der Waals surface area contributed by atoms with Gasteiger partial charge in [-0.05, 0) is 36.2 Å². The average molecular weight is 258 g/mol. The van der Waals surface area contributed by atoms with Gasteiger partial charge in [-0.1, -0.05) is 19.9 Å². The van der Waals surface area contributed by atoms with Crippen molar-refractivity contribution < 1.29 is 4.39 Å². The Balaban J connectivity index is 2.33. The Kier molecular flexibility index (Phi) is 4.27. The smallest absolute Gasteiger partial charge is 0.127 e. The van der Waals surface area contributed by atoms with E-state index in [9.17, 15) is 4.39 Å². The zero-order chi connectivity index (χ0) is 13.8. The van der Waals surface area contributed by atoms with E-state index >= 15 is 0 Å². The van der Waals surface area contributed by atoms with E-state index in [2.05, 4.69) is 10.3 Å². The Morgan fingerprint density at radius 3 is 2.74 bits per heavy atom. The quantitative estimate of drug-likeness (QED) is 0.904. The van der Waals surface area contributed by atoms with E-state index in [-0.39, 0.29) is 5.82 Å². The van der Waals surface area contributed by atoms with Crippen molar-refractivity contribution in [2.45, 2.75) is 33.4 Å². The Labute approximate surface area is 113 Å². The number of hydrogen-bond donors (Lipinski definition) is 1. The first kappa shape index (κ1) is 13.7. The fourth-order valence-electron chi connectivity index (χ4n) is 1.96. The van der Waals surface area contributed by atoms with Crippen LogP contribution in [-0.2, 0) is 6.54 Å². The summed E-state index contributed by atoms with van der Waals surface area (Å²) >= 11 is 0. The highest BCUT2D eigenvalue weighted by atomic mass is 19.1. The van der Waals surface area contributed by atoms with Crippen molar-refractivity contribution in [3.05, 3.63) is 53.6 Å². The Bertz CT molecular complexity index is 564. The molecular weight excluding hydrogens is 239 g/mol. The third kappa shape index (κ3) is 3.38. The molecule has 0 unspecified atom stereocenters. The van der Waals surface area contributed by atoms with Crippen LogP contribution < -0.4 is 5.32 Å². The topological polar surface area (TPSA) is 24.9 Å². The lowest BCUT2D eigenvalue weighted by atomic mass is 10.0. The second kappa shape index (κ2) is 5.93. The van der Waals surface area contributed by atoms with Gasteiger partial charge in [0.05, 0.1) is 0 Å². The number of benzene rings is 1. The fraction of sp³-hybridized carbons (Fsp3) is 0.312. The molecule has 1 aromatic heterocycles. The number of hydrogen-bond acceptors (Lipinski definition) is 2. The van der Waals surface area contributed by atoms with Crippen LogP contribution in [0.2, 0.25) is 0 Å². The van der Waals surface area contributed by atoms with E-state index in [0.29, 0.717) is 18.2 Å². The molecule has 3 heteroatoms. The monoisotopic (exact) mass is 258 g/mol. The first-order chi connectivity index (χ1) is 9.08. The number of aryl methyl sites for hydroxylation is 1. The SMILES string of the molecule is Cc1ccncc1-c1ccc(F)c(CNC(C)C)c1. The predicted octanol–water partition coefficient (Wildman–Crippen LogP) is 3.69. The molecule has 0 aliphatic heterocycles. The number of rotatable bonds is 4. The zero-order valence-electron chi connectivity index (χ0n) is 11.6. The summed E-state index contributed by atoms with van der Waals surface area (Å²) in [6, 6.07) is 7.53. The molecule has 0 radical (unpaired) electrons. The molecule has 0 atom stereocenters. The Morgan fingerprint density at radius 2 is 2.05 bits per heavy atom. The van der Waals surface area contributed by atoms with Crippen molar-refractivity contribution in [3.63, 3.8) is 0 Å². The van der Waals surface area contributed by atoms with Gasteiger partial charge in [-0.25, -0.2) is 4.39 Å². The molecule has 0 spiro atoms. The molecule has 2 rings (SSSR count). The normalized spacial score (nSPS) is 11.0. The van der Waals surface area contributed by atoms with Crippen LogP contribution in [0.3, 0.4) is 0 Å². The second-order valence-corrected chi connectivity index (χ2v) is 5.03. The third-order valence-electron chi connectivity index (χ3n) is 3.10. The summed E-state index contributed by atoms with van der Waals surface area (Å²) in [6.07, 6.45) is 3.59. The number of nitrogens with zero attached hydrogens (tertiary/aromatic N) is 1. The summed E-state index contributed by atoms with van der Waals surface area (Å²) in [5.74, 6) is -0.168. The molecule has 0 fully saturated rings. The van der Waals surface area contributed by atoms with Crippen LogP contribution >= 0.6 is 0 Å². The van der Waals surface area contributed by atoms with Gasteiger partial charge in [0.15, 0.2) is 0 Å². The highest BCUT2D eigenvalue weighted by molar-refractivity contribution is 5.66. The van der Waals surface area contributed by atoms with Gasteiger partial charge in [0.1, 0.15) is 5.82 Å². The van der Waals surface area contributed by atoms with Gasteiger partial charge in [0.2, 0.25) is 0 Å². The molecule has 0 aliphatic carbocycles. The van der Waals surface area contributed by atoms with Gasteiger partial charge >= 0.3 is 0 Å². The maximum Gasteiger partial charge on any atom is 0.127 e. The molecule has 1 aromatic carbocycles. The molecule has 0 saturated carbocycles. The maximum absolute atomic E-state index is 13.8. The fourth-order valence-corrected chi connectivity index (χ4v) is 1.96. The molecule has 0 aliphatic rings. The molecule has 100 valence electrons. The van der Waals surface area contributed by atoms with Crippen molar-refractivity contribution in [1.82, 2.24) is 10.3 Å². The lowest BCUT2D eigenvalue weighted by Gasteiger charge is -2.11. The zero-order valence-corrected chi connectivity index (χ0v) is 11.6. The van der Waals surface area contributed by atoms with Gasteiger partial charge in [0, 0.05) is 36.1 Å². The van der Waals surface area contributed by atoms with E-state index in [1.807, 2.05) is 39.1 Å². The minimum Gasteiger partial charge on any atom is -0.310 e. The first-order valence-electron chi connectivity index (χ1n) is 6.50. The molecule has 2 nitrogen and oxygen atoms in total. The minimum atomic E-state index is -0.168. The highest BCUT2D eigenvalue weighted by Crippen LogP contribution is 2.24. The van der Waals surface area contributed by atoms with Crippen molar-refractivity contribution in [1.29, 1.82) is 0 Å². The van der Waals surface area contributed by atoms with E-state index in [0.717, 1.165) is 16.7 Å². The van der Waals surface area contributed by atoms with Crippen LogP contribution in [-0.4, -0.2) is 11.0 Å². The minimum absolute atomic E-state index is 0.168. The number of halogens is 1. The summed E-state index contributed by atoms with van der Waals surface area (Å²) in [7, 11) is 0.